The van der Waals surface area contributed by atoms with Crippen LogP contribution in [0.15, 0.2) is 24.3 Å². The zero-order chi connectivity index (χ0) is 15.1. The molecule has 1 aromatic rings. The average Bonchev–Trinajstić information content (AvgIpc) is 2.38. The lowest BCUT2D eigenvalue weighted by atomic mass is 10.2. The van der Waals surface area contributed by atoms with Gasteiger partial charge < -0.3 is 10.4 Å². The highest BCUT2D eigenvalue weighted by molar-refractivity contribution is 7.84. The van der Waals surface area contributed by atoms with Gasteiger partial charge in [0.15, 0.2) is 0 Å². The SMILES string of the molecule is CC(=O)N[C@@H](CS(=O)Cc1ccc(C#N)cc1)C(=O)O. The van der Waals surface area contributed by atoms with Crippen molar-refractivity contribution in [2.45, 2.75) is 18.7 Å². The molecule has 0 saturated heterocycles. The largest absolute Gasteiger partial charge is 0.480 e. The summed E-state index contributed by atoms with van der Waals surface area (Å²) in [7, 11) is -1.43. The summed E-state index contributed by atoms with van der Waals surface area (Å²) < 4.78 is 11.9. The first-order chi connectivity index (χ1) is 9.42. The van der Waals surface area contributed by atoms with Gasteiger partial charge in [-0.05, 0) is 17.7 Å². The average molecular weight is 294 g/mol. The molecule has 6 nitrogen and oxygen atoms in total. The van der Waals surface area contributed by atoms with E-state index in [1.54, 1.807) is 24.3 Å². The molecule has 0 bridgehead atoms. The van der Waals surface area contributed by atoms with Gasteiger partial charge >= 0.3 is 5.97 Å². The molecule has 2 N–H and O–H groups in total. The van der Waals surface area contributed by atoms with Crippen molar-refractivity contribution in [3.63, 3.8) is 0 Å². The van der Waals surface area contributed by atoms with Crippen LogP contribution in [0.5, 0.6) is 0 Å². The summed E-state index contributed by atoms with van der Waals surface area (Å²) in [4.78, 5) is 21.8. The number of hydrogen-bond donors (Lipinski definition) is 2. The molecule has 0 aromatic heterocycles. The minimum atomic E-state index is -1.43. The van der Waals surface area contributed by atoms with Gasteiger partial charge in [0.05, 0.1) is 17.4 Å². The van der Waals surface area contributed by atoms with E-state index in [1.165, 1.54) is 6.92 Å². The van der Waals surface area contributed by atoms with Gasteiger partial charge in [0.1, 0.15) is 6.04 Å². The van der Waals surface area contributed by atoms with Crippen LogP contribution in [0, 0.1) is 11.3 Å². The quantitative estimate of drug-likeness (QED) is 0.789. The number of carbonyl (C=O) groups excluding carboxylic acids is 1. The molecule has 7 heteroatoms. The Morgan fingerprint density at radius 2 is 2.00 bits per heavy atom. The summed E-state index contributed by atoms with van der Waals surface area (Å²) in [5.41, 5.74) is 1.25. The van der Waals surface area contributed by atoms with Crippen molar-refractivity contribution in [3.8, 4) is 6.07 Å². The Kier molecular flexibility index (Phi) is 5.87. The van der Waals surface area contributed by atoms with Gasteiger partial charge in [0.25, 0.3) is 0 Å². The maximum Gasteiger partial charge on any atom is 0.327 e. The Morgan fingerprint density at radius 3 is 2.45 bits per heavy atom. The Bertz CT molecular complexity index is 563. The summed E-state index contributed by atoms with van der Waals surface area (Å²) in [5, 5.41) is 19.8. The van der Waals surface area contributed by atoms with Crippen molar-refractivity contribution in [3.05, 3.63) is 35.4 Å². The fourth-order valence-corrected chi connectivity index (χ4v) is 2.81. The smallest absolute Gasteiger partial charge is 0.327 e. The van der Waals surface area contributed by atoms with Crippen LogP contribution in [0.25, 0.3) is 0 Å². The van der Waals surface area contributed by atoms with Gasteiger partial charge in [-0.3, -0.25) is 9.00 Å². The second-order valence-corrected chi connectivity index (χ2v) is 5.65. The molecule has 1 amide bonds. The maximum atomic E-state index is 11.9. The van der Waals surface area contributed by atoms with E-state index in [1.807, 2.05) is 6.07 Å². The van der Waals surface area contributed by atoms with Crippen molar-refractivity contribution >= 4 is 22.7 Å². The van der Waals surface area contributed by atoms with E-state index in [9.17, 15) is 13.8 Å². The Balaban J connectivity index is 2.63. The van der Waals surface area contributed by atoms with Crippen molar-refractivity contribution in [2.24, 2.45) is 0 Å². The van der Waals surface area contributed by atoms with Gasteiger partial charge in [0.2, 0.25) is 5.91 Å². The third-order valence-electron chi connectivity index (χ3n) is 2.44. The highest BCUT2D eigenvalue weighted by Crippen LogP contribution is 2.07. The number of benzene rings is 1. The number of nitrogens with one attached hydrogen (secondary N) is 1. The fourth-order valence-electron chi connectivity index (χ4n) is 1.53. The number of hydrogen-bond acceptors (Lipinski definition) is 4. The first-order valence-electron chi connectivity index (χ1n) is 5.76. The molecule has 1 rings (SSSR count). The van der Waals surface area contributed by atoms with Gasteiger partial charge in [-0.1, -0.05) is 12.1 Å². The van der Waals surface area contributed by atoms with Crippen LogP contribution in [0.3, 0.4) is 0 Å². The lowest BCUT2D eigenvalue weighted by molar-refractivity contribution is -0.140. The molecule has 0 saturated carbocycles. The van der Waals surface area contributed by atoms with Crippen LogP contribution in [-0.4, -0.2) is 33.0 Å². The Labute approximate surface area is 118 Å². The number of carboxylic acids is 1. The lowest BCUT2D eigenvalue weighted by Gasteiger charge is -2.12. The van der Waals surface area contributed by atoms with E-state index >= 15 is 0 Å². The molecule has 0 fully saturated rings. The van der Waals surface area contributed by atoms with Gasteiger partial charge in [-0.25, -0.2) is 4.79 Å². The molecule has 0 aliphatic carbocycles. The summed E-state index contributed by atoms with van der Waals surface area (Å²) in [5.74, 6) is -1.68. The lowest BCUT2D eigenvalue weighted by Crippen LogP contribution is -2.43. The molecule has 0 aliphatic rings. The Morgan fingerprint density at radius 1 is 1.40 bits per heavy atom. The van der Waals surface area contributed by atoms with E-state index < -0.39 is 28.7 Å². The summed E-state index contributed by atoms with van der Waals surface area (Å²) in [6, 6.07) is 7.37. The highest BCUT2D eigenvalue weighted by atomic mass is 32.2. The fraction of sp³-hybridized carbons (Fsp3) is 0.308. The van der Waals surface area contributed by atoms with Crippen molar-refractivity contribution in [1.29, 1.82) is 5.26 Å². The van der Waals surface area contributed by atoms with Gasteiger partial charge in [-0.2, -0.15) is 5.26 Å². The van der Waals surface area contributed by atoms with Crippen molar-refractivity contribution < 1.29 is 18.9 Å². The zero-order valence-corrected chi connectivity index (χ0v) is 11.6. The highest BCUT2D eigenvalue weighted by Gasteiger charge is 2.21. The molecular formula is C13H14N2O4S. The maximum absolute atomic E-state index is 11.9. The second kappa shape index (κ2) is 7.40. The van der Waals surface area contributed by atoms with E-state index in [0.29, 0.717) is 5.56 Å². The summed E-state index contributed by atoms with van der Waals surface area (Å²) in [6.07, 6.45) is 0. The minimum absolute atomic E-state index is 0.158. The van der Waals surface area contributed by atoms with Crippen molar-refractivity contribution in [2.75, 3.05) is 5.75 Å². The second-order valence-electron chi connectivity index (χ2n) is 4.15. The Hall–Kier alpha value is -2.20. The van der Waals surface area contributed by atoms with Crippen LogP contribution in [0.2, 0.25) is 0 Å². The molecular weight excluding hydrogens is 280 g/mol. The standard InChI is InChI=1S/C13H14N2O4S/c1-9(16)15-12(13(17)18)8-20(19)7-11-4-2-10(6-14)3-5-11/h2-5,12H,7-8H2,1H3,(H,15,16)(H,17,18)/t12-,20?/m0/s1. The number of rotatable bonds is 6. The monoisotopic (exact) mass is 294 g/mol. The predicted molar refractivity (Wildman–Crippen MR) is 73.1 cm³/mol. The molecule has 1 unspecified atom stereocenters. The van der Waals surface area contributed by atoms with Crippen molar-refractivity contribution in [1.82, 2.24) is 5.32 Å². The van der Waals surface area contributed by atoms with Crippen LogP contribution in [0.4, 0.5) is 0 Å². The molecule has 20 heavy (non-hydrogen) atoms. The molecule has 0 radical (unpaired) electrons. The number of nitrogens with zero attached hydrogens (tertiary/aromatic N) is 1. The van der Waals surface area contributed by atoms with Gasteiger partial charge in [0, 0.05) is 23.5 Å². The van der Waals surface area contributed by atoms with Crippen LogP contribution in [-0.2, 0) is 26.1 Å². The third kappa shape index (κ3) is 5.20. The first kappa shape index (κ1) is 15.9. The van der Waals surface area contributed by atoms with E-state index in [-0.39, 0.29) is 11.5 Å². The van der Waals surface area contributed by atoms with Gasteiger partial charge in [-0.15, -0.1) is 0 Å². The summed E-state index contributed by atoms with van der Waals surface area (Å²) >= 11 is 0. The number of carbonyl (C=O) groups is 2. The zero-order valence-electron chi connectivity index (χ0n) is 10.8. The molecule has 106 valence electrons. The number of nitriles is 1. The van der Waals surface area contributed by atoms with E-state index in [4.69, 9.17) is 10.4 Å². The number of carboxylic acid groups (broad SMARTS) is 1. The topological polar surface area (TPSA) is 107 Å². The molecule has 0 heterocycles. The molecule has 0 aliphatic heterocycles. The molecule has 2 atom stereocenters. The van der Waals surface area contributed by atoms with E-state index in [2.05, 4.69) is 5.32 Å². The number of amides is 1. The van der Waals surface area contributed by atoms with Crippen LogP contribution in [0.1, 0.15) is 18.1 Å². The van der Waals surface area contributed by atoms with E-state index in [0.717, 1.165) is 5.56 Å². The first-order valence-corrected chi connectivity index (χ1v) is 7.25. The normalized spacial score (nSPS) is 13.0. The minimum Gasteiger partial charge on any atom is -0.480 e. The molecule has 1 aromatic carbocycles. The third-order valence-corrected chi connectivity index (χ3v) is 3.80. The van der Waals surface area contributed by atoms with Crippen LogP contribution < -0.4 is 5.32 Å². The van der Waals surface area contributed by atoms with Crippen LogP contribution >= 0.6 is 0 Å². The predicted octanol–water partition coefficient (Wildman–Crippen LogP) is 0.396. The molecule has 0 spiro atoms. The summed E-state index contributed by atoms with van der Waals surface area (Å²) in [6.45, 7) is 1.21. The number of aliphatic carboxylic acids is 1.